The molecular formula is C27H29N3O3. The summed E-state index contributed by atoms with van der Waals surface area (Å²) in [5.74, 6) is 2.42. The number of ether oxygens (including phenoxy) is 1. The van der Waals surface area contributed by atoms with Crippen LogP contribution < -0.4 is 5.73 Å². The first kappa shape index (κ1) is 23.8. The molecule has 3 N–H and O–H groups in total. The predicted molar refractivity (Wildman–Crippen MR) is 129 cm³/mol. The normalized spacial score (nSPS) is 14.1. The van der Waals surface area contributed by atoms with E-state index in [4.69, 9.17) is 22.3 Å². The quantitative estimate of drug-likeness (QED) is 0.404. The van der Waals surface area contributed by atoms with E-state index in [1.165, 1.54) is 12.5 Å². The third kappa shape index (κ3) is 5.15. The lowest BCUT2D eigenvalue weighted by Gasteiger charge is -2.40. The van der Waals surface area contributed by atoms with Gasteiger partial charge in [0.05, 0.1) is 11.4 Å². The number of terminal acetylenes is 1. The first-order valence-electron chi connectivity index (χ1n) is 10.8. The largest absolute Gasteiger partial charge is 0.459 e. The number of nitrogens with one attached hydrogen (secondary N) is 1. The number of rotatable bonds is 6. The van der Waals surface area contributed by atoms with Gasteiger partial charge in [0.15, 0.2) is 0 Å². The number of nitrogens with zero attached hydrogens (tertiary/aromatic N) is 1. The molecule has 170 valence electrons. The Balaban J connectivity index is 1.77. The number of carbonyl (C=O) groups excluding carboxylic acids is 2. The molecule has 1 fully saturated rings. The molecular weight excluding hydrogens is 414 g/mol. The molecule has 0 spiro atoms. The Bertz CT molecular complexity index is 1180. The van der Waals surface area contributed by atoms with Crippen molar-refractivity contribution in [3.05, 3.63) is 81.0 Å². The van der Waals surface area contributed by atoms with E-state index < -0.39 is 5.97 Å². The summed E-state index contributed by atoms with van der Waals surface area (Å²) >= 11 is 0. The summed E-state index contributed by atoms with van der Waals surface area (Å²) in [5.41, 5.74) is 12.0. The highest BCUT2D eigenvalue weighted by Gasteiger charge is 2.33. The molecule has 1 aliphatic heterocycles. The molecule has 0 bridgehead atoms. The Morgan fingerprint density at radius 3 is 2.30 bits per heavy atom. The minimum atomic E-state index is -0.434. The standard InChI is InChI=1S/C27H29N3O3/c1-6-20-7-9-21(10-8-20)22-13-30(14-22)27(32)24-12-23(16(2)11-17(24)3)26(29)18(4)25(28)15-33-19(5)31/h1,7-12,22,29H,13-15,28H2,2-5H3/b25-18-,29-26?. The maximum absolute atomic E-state index is 13.2. The van der Waals surface area contributed by atoms with Gasteiger partial charge >= 0.3 is 5.97 Å². The Hall–Kier alpha value is -3.85. The Morgan fingerprint density at radius 1 is 1.12 bits per heavy atom. The zero-order chi connectivity index (χ0) is 24.3. The van der Waals surface area contributed by atoms with Crippen LogP contribution in [0.4, 0.5) is 0 Å². The van der Waals surface area contributed by atoms with Crippen molar-refractivity contribution in [1.82, 2.24) is 4.90 Å². The fourth-order valence-electron chi connectivity index (χ4n) is 3.88. The van der Waals surface area contributed by atoms with E-state index in [1.807, 2.05) is 49.1 Å². The molecule has 0 unspecified atom stereocenters. The molecule has 0 saturated carbocycles. The van der Waals surface area contributed by atoms with Gasteiger partial charge in [0.25, 0.3) is 5.91 Å². The first-order valence-corrected chi connectivity index (χ1v) is 10.8. The number of nitrogens with two attached hydrogens (primary N) is 1. The molecule has 1 aliphatic rings. The van der Waals surface area contributed by atoms with Gasteiger partial charge in [-0.1, -0.05) is 24.1 Å². The van der Waals surface area contributed by atoms with Crippen LogP contribution in [0.3, 0.4) is 0 Å². The second-order valence-electron chi connectivity index (χ2n) is 8.46. The highest BCUT2D eigenvalue weighted by Crippen LogP contribution is 2.30. The Morgan fingerprint density at radius 2 is 1.73 bits per heavy atom. The molecule has 6 heteroatoms. The van der Waals surface area contributed by atoms with Crippen molar-refractivity contribution in [3.8, 4) is 12.3 Å². The number of aryl methyl sites for hydroxylation is 2. The summed E-state index contributed by atoms with van der Waals surface area (Å²) in [6, 6.07) is 11.6. The number of carbonyl (C=O) groups is 2. The summed E-state index contributed by atoms with van der Waals surface area (Å²) in [6.45, 7) is 8.04. The van der Waals surface area contributed by atoms with Crippen LogP contribution in [-0.4, -0.2) is 42.2 Å². The molecule has 1 saturated heterocycles. The van der Waals surface area contributed by atoms with Crippen LogP contribution >= 0.6 is 0 Å². The lowest BCUT2D eigenvalue weighted by molar-refractivity contribution is -0.140. The molecule has 3 rings (SSSR count). The van der Waals surface area contributed by atoms with Crippen LogP contribution in [0, 0.1) is 31.6 Å². The van der Waals surface area contributed by atoms with Crippen molar-refractivity contribution in [1.29, 1.82) is 5.41 Å². The van der Waals surface area contributed by atoms with Gasteiger partial charge < -0.3 is 15.4 Å². The van der Waals surface area contributed by atoms with Crippen molar-refractivity contribution < 1.29 is 14.3 Å². The second-order valence-corrected chi connectivity index (χ2v) is 8.46. The summed E-state index contributed by atoms with van der Waals surface area (Å²) in [5, 5.41) is 8.63. The number of esters is 1. The topological polar surface area (TPSA) is 96.5 Å². The predicted octanol–water partition coefficient (Wildman–Crippen LogP) is 3.69. The van der Waals surface area contributed by atoms with Gasteiger partial charge in [0.1, 0.15) is 6.61 Å². The van der Waals surface area contributed by atoms with Gasteiger partial charge in [-0.15, -0.1) is 6.42 Å². The fourth-order valence-corrected chi connectivity index (χ4v) is 3.88. The van der Waals surface area contributed by atoms with Gasteiger partial charge in [0.2, 0.25) is 0 Å². The van der Waals surface area contributed by atoms with Crippen LogP contribution in [0.5, 0.6) is 0 Å². The molecule has 2 aromatic rings. The third-order valence-electron chi connectivity index (χ3n) is 6.08. The highest BCUT2D eigenvalue weighted by atomic mass is 16.5. The van der Waals surface area contributed by atoms with Gasteiger partial charge in [0, 0.05) is 42.6 Å². The third-order valence-corrected chi connectivity index (χ3v) is 6.08. The summed E-state index contributed by atoms with van der Waals surface area (Å²) in [6.07, 6.45) is 5.42. The second kappa shape index (κ2) is 9.74. The molecule has 1 amide bonds. The van der Waals surface area contributed by atoms with Crippen molar-refractivity contribution in [3.63, 3.8) is 0 Å². The SMILES string of the molecule is C#Cc1ccc(C2CN(C(=O)c3cc(C(=N)/C(C)=C(\N)COC(C)=O)c(C)cc3C)C2)cc1. The lowest BCUT2D eigenvalue weighted by atomic mass is 9.88. The smallest absolute Gasteiger partial charge is 0.303 e. The van der Waals surface area contributed by atoms with Crippen molar-refractivity contribution in [2.75, 3.05) is 19.7 Å². The summed E-state index contributed by atoms with van der Waals surface area (Å²) in [4.78, 5) is 26.1. The van der Waals surface area contributed by atoms with Gasteiger partial charge in [-0.2, -0.15) is 0 Å². The maximum Gasteiger partial charge on any atom is 0.303 e. The summed E-state index contributed by atoms with van der Waals surface area (Å²) in [7, 11) is 0. The van der Waals surface area contributed by atoms with E-state index in [1.54, 1.807) is 13.0 Å². The molecule has 33 heavy (non-hydrogen) atoms. The van der Waals surface area contributed by atoms with Crippen LogP contribution in [0.15, 0.2) is 47.7 Å². The van der Waals surface area contributed by atoms with Gasteiger partial charge in [-0.25, -0.2) is 0 Å². The number of benzene rings is 2. The molecule has 2 aromatic carbocycles. The van der Waals surface area contributed by atoms with Gasteiger partial charge in [-0.3, -0.25) is 15.0 Å². The van der Waals surface area contributed by atoms with E-state index in [0.29, 0.717) is 35.5 Å². The van der Waals surface area contributed by atoms with Crippen LogP contribution in [-0.2, 0) is 9.53 Å². The van der Waals surface area contributed by atoms with E-state index in [-0.39, 0.29) is 24.1 Å². The highest BCUT2D eigenvalue weighted by molar-refractivity contribution is 6.12. The molecule has 0 aromatic heterocycles. The monoisotopic (exact) mass is 443 g/mol. The van der Waals surface area contributed by atoms with Crippen LogP contribution in [0.25, 0.3) is 0 Å². The molecule has 1 heterocycles. The average Bonchev–Trinajstić information content (AvgIpc) is 2.75. The lowest BCUT2D eigenvalue weighted by Crippen LogP contribution is -2.48. The molecule has 6 nitrogen and oxygen atoms in total. The van der Waals surface area contributed by atoms with Gasteiger partial charge in [-0.05, 0) is 61.2 Å². The zero-order valence-electron chi connectivity index (χ0n) is 19.5. The number of allylic oxidation sites excluding steroid dienone is 1. The number of amides is 1. The van der Waals surface area contributed by atoms with Crippen LogP contribution in [0.2, 0.25) is 0 Å². The zero-order valence-corrected chi connectivity index (χ0v) is 19.5. The van der Waals surface area contributed by atoms with Crippen molar-refractivity contribution in [2.45, 2.75) is 33.6 Å². The minimum absolute atomic E-state index is 0.0486. The molecule has 0 aliphatic carbocycles. The van der Waals surface area contributed by atoms with Crippen molar-refractivity contribution in [2.24, 2.45) is 5.73 Å². The van der Waals surface area contributed by atoms with Crippen molar-refractivity contribution >= 4 is 17.6 Å². The first-order chi connectivity index (χ1) is 15.6. The maximum atomic E-state index is 13.2. The van der Waals surface area contributed by atoms with E-state index in [2.05, 4.69) is 5.92 Å². The van der Waals surface area contributed by atoms with Crippen LogP contribution in [0.1, 0.15) is 57.9 Å². The molecule has 0 atom stereocenters. The van der Waals surface area contributed by atoms with E-state index in [0.717, 1.165) is 16.7 Å². The van der Waals surface area contributed by atoms with E-state index >= 15 is 0 Å². The number of hydrogen-bond acceptors (Lipinski definition) is 5. The Kier molecular flexibility index (Phi) is 7.03. The fraction of sp³-hybridized carbons (Fsp3) is 0.296. The molecule has 0 radical (unpaired) electrons. The van der Waals surface area contributed by atoms with E-state index in [9.17, 15) is 9.59 Å². The summed E-state index contributed by atoms with van der Waals surface area (Å²) < 4.78 is 4.95. The number of likely N-dealkylation sites (tertiary alicyclic amines) is 1. The number of hydrogen-bond donors (Lipinski definition) is 2. The average molecular weight is 444 g/mol. The minimum Gasteiger partial charge on any atom is -0.459 e. The Labute approximate surface area is 194 Å².